The second-order valence-corrected chi connectivity index (χ2v) is 3.66. The molecule has 14 heavy (non-hydrogen) atoms. The molecule has 4 nitrogen and oxygen atoms in total. The van der Waals surface area contributed by atoms with Crippen LogP contribution in [0, 0.1) is 0 Å². The van der Waals surface area contributed by atoms with Gasteiger partial charge in [0.1, 0.15) is 10.7 Å². The molecular formula is C9H10N4S. The normalized spacial score (nSPS) is 10.4. The van der Waals surface area contributed by atoms with Crippen molar-refractivity contribution < 1.29 is 0 Å². The summed E-state index contributed by atoms with van der Waals surface area (Å²) >= 11 is 1.56. The molecule has 2 aromatic heterocycles. The number of aromatic nitrogens is 3. The van der Waals surface area contributed by atoms with Gasteiger partial charge in [-0.05, 0) is 6.54 Å². The van der Waals surface area contributed by atoms with Crippen molar-refractivity contribution in [2.75, 3.05) is 6.54 Å². The molecule has 0 atom stereocenters. The van der Waals surface area contributed by atoms with Crippen LogP contribution in [-0.2, 0) is 6.42 Å². The molecule has 0 aliphatic rings. The van der Waals surface area contributed by atoms with Gasteiger partial charge in [-0.3, -0.25) is 9.97 Å². The highest BCUT2D eigenvalue weighted by molar-refractivity contribution is 7.13. The molecular weight excluding hydrogens is 196 g/mol. The summed E-state index contributed by atoms with van der Waals surface area (Å²) in [6.07, 6.45) is 6.02. The fourth-order valence-corrected chi connectivity index (χ4v) is 1.69. The van der Waals surface area contributed by atoms with Crippen molar-refractivity contribution in [3.63, 3.8) is 0 Å². The summed E-state index contributed by atoms with van der Waals surface area (Å²) in [6.45, 7) is 0.602. The number of hydrogen-bond acceptors (Lipinski definition) is 5. The highest BCUT2D eigenvalue weighted by atomic mass is 32.1. The van der Waals surface area contributed by atoms with E-state index in [1.165, 1.54) is 0 Å². The van der Waals surface area contributed by atoms with Crippen LogP contribution in [0.4, 0.5) is 0 Å². The first-order valence-corrected chi connectivity index (χ1v) is 5.19. The molecule has 72 valence electrons. The van der Waals surface area contributed by atoms with Crippen LogP contribution in [0.1, 0.15) is 5.69 Å². The number of hydrogen-bond donors (Lipinski definition) is 1. The van der Waals surface area contributed by atoms with Crippen LogP contribution in [-0.4, -0.2) is 21.5 Å². The molecule has 0 saturated carbocycles. The molecule has 0 spiro atoms. The summed E-state index contributed by atoms with van der Waals surface area (Å²) in [4.78, 5) is 12.7. The Balaban J connectivity index is 2.22. The minimum Gasteiger partial charge on any atom is -0.330 e. The molecule has 0 radical (unpaired) electrons. The maximum absolute atomic E-state index is 5.42. The van der Waals surface area contributed by atoms with E-state index in [0.717, 1.165) is 22.8 Å². The lowest BCUT2D eigenvalue weighted by Crippen LogP contribution is -2.04. The van der Waals surface area contributed by atoms with Crippen LogP contribution in [0.3, 0.4) is 0 Å². The van der Waals surface area contributed by atoms with Crippen molar-refractivity contribution in [2.45, 2.75) is 6.42 Å². The van der Waals surface area contributed by atoms with Crippen molar-refractivity contribution in [3.05, 3.63) is 29.7 Å². The van der Waals surface area contributed by atoms with Gasteiger partial charge in [0.25, 0.3) is 0 Å². The summed E-state index contributed by atoms with van der Waals surface area (Å²) in [5.41, 5.74) is 7.16. The number of nitrogens with zero attached hydrogens (tertiary/aromatic N) is 3. The van der Waals surface area contributed by atoms with E-state index in [9.17, 15) is 0 Å². The van der Waals surface area contributed by atoms with Crippen LogP contribution < -0.4 is 5.73 Å². The Bertz CT molecular complexity index is 382. The molecule has 0 bridgehead atoms. The van der Waals surface area contributed by atoms with E-state index in [0.29, 0.717) is 6.54 Å². The first-order chi connectivity index (χ1) is 6.90. The topological polar surface area (TPSA) is 64.7 Å². The molecule has 0 saturated heterocycles. The van der Waals surface area contributed by atoms with Gasteiger partial charge in [-0.2, -0.15) is 0 Å². The van der Waals surface area contributed by atoms with Gasteiger partial charge in [0.05, 0.1) is 11.9 Å². The van der Waals surface area contributed by atoms with E-state index in [-0.39, 0.29) is 0 Å². The Labute approximate surface area is 85.9 Å². The maximum Gasteiger partial charge on any atom is 0.143 e. The summed E-state index contributed by atoms with van der Waals surface area (Å²) in [7, 11) is 0. The number of thiazole rings is 1. The first kappa shape index (κ1) is 9.23. The molecule has 0 amide bonds. The van der Waals surface area contributed by atoms with E-state index >= 15 is 0 Å². The van der Waals surface area contributed by atoms with Crippen LogP contribution in [0.5, 0.6) is 0 Å². The average molecular weight is 206 g/mol. The number of rotatable bonds is 3. The molecule has 0 aromatic carbocycles. The van der Waals surface area contributed by atoms with Gasteiger partial charge in [0.2, 0.25) is 0 Å². The Kier molecular flexibility index (Phi) is 2.81. The molecule has 2 aromatic rings. The molecule has 0 fully saturated rings. The van der Waals surface area contributed by atoms with Gasteiger partial charge in [0, 0.05) is 24.2 Å². The second kappa shape index (κ2) is 4.26. The third-order valence-corrected chi connectivity index (χ3v) is 2.55. The predicted molar refractivity (Wildman–Crippen MR) is 55.9 cm³/mol. The van der Waals surface area contributed by atoms with E-state index in [1.807, 2.05) is 5.38 Å². The molecule has 0 aliphatic carbocycles. The fraction of sp³-hybridized carbons (Fsp3) is 0.222. The van der Waals surface area contributed by atoms with Crippen LogP contribution in [0.2, 0.25) is 0 Å². The van der Waals surface area contributed by atoms with E-state index < -0.39 is 0 Å². The van der Waals surface area contributed by atoms with Gasteiger partial charge in [0.15, 0.2) is 0 Å². The van der Waals surface area contributed by atoms with E-state index in [1.54, 1.807) is 29.9 Å². The van der Waals surface area contributed by atoms with Crippen molar-refractivity contribution in [1.82, 2.24) is 15.0 Å². The van der Waals surface area contributed by atoms with Crippen molar-refractivity contribution in [3.8, 4) is 10.7 Å². The summed E-state index contributed by atoms with van der Waals surface area (Å²) in [6, 6.07) is 0. The largest absolute Gasteiger partial charge is 0.330 e. The maximum atomic E-state index is 5.42. The van der Waals surface area contributed by atoms with Crippen molar-refractivity contribution in [2.24, 2.45) is 5.73 Å². The Hall–Kier alpha value is -1.33. The SMILES string of the molecule is NCCc1cnc(-c2nccs2)cn1. The monoisotopic (exact) mass is 206 g/mol. The predicted octanol–water partition coefficient (Wildman–Crippen LogP) is 1.10. The lowest BCUT2D eigenvalue weighted by atomic mass is 10.3. The minimum absolute atomic E-state index is 0.602. The highest BCUT2D eigenvalue weighted by Crippen LogP contribution is 2.17. The zero-order valence-electron chi connectivity index (χ0n) is 7.55. The second-order valence-electron chi connectivity index (χ2n) is 2.77. The lowest BCUT2D eigenvalue weighted by Gasteiger charge is -1.98. The van der Waals surface area contributed by atoms with Gasteiger partial charge in [-0.25, -0.2) is 4.98 Å². The summed E-state index contributed by atoms with van der Waals surface area (Å²) in [5, 5.41) is 2.82. The smallest absolute Gasteiger partial charge is 0.143 e. The number of nitrogens with two attached hydrogens (primary N) is 1. The fourth-order valence-electron chi connectivity index (χ4n) is 1.09. The molecule has 0 unspecified atom stereocenters. The summed E-state index contributed by atoms with van der Waals surface area (Å²) < 4.78 is 0. The van der Waals surface area contributed by atoms with Crippen molar-refractivity contribution >= 4 is 11.3 Å². The highest BCUT2D eigenvalue weighted by Gasteiger charge is 2.02. The quantitative estimate of drug-likeness (QED) is 0.816. The van der Waals surface area contributed by atoms with Crippen LogP contribution in [0.25, 0.3) is 10.7 Å². The molecule has 2 rings (SSSR count). The van der Waals surface area contributed by atoms with E-state index in [2.05, 4.69) is 15.0 Å². The zero-order chi connectivity index (χ0) is 9.80. The van der Waals surface area contributed by atoms with Gasteiger partial charge in [-0.1, -0.05) is 0 Å². The Morgan fingerprint density at radius 1 is 1.21 bits per heavy atom. The standard InChI is InChI=1S/C9H10N4S/c10-2-1-7-5-13-8(6-12-7)9-11-3-4-14-9/h3-6H,1-2,10H2. The lowest BCUT2D eigenvalue weighted by molar-refractivity contribution is 0.909. The zero-order valence-corrected chi connectivity index (χ0v) is 8.37. The first-order valence-electron chi connectivity index (χ1n) is 4.31. The van der Waals surface area contributed by atoms with Crippen LogP contribution in [0.15, 0.2) is 24.0 Å². The van der Waals surface area contributed by atoms with Gasteiger partial charge < -0.3 is 5.73 Å². The third kappa shape index (κ3) is 1.94. The Morgan fingerprint density at radius 3 is 2.71 bits per heavy atom. The molecule has 0 aliphatic heterocycles. The molecule has 2 N–H and O–H groups in total. The minimum atomic E-state index is 0.602. The molecule has 2 heterocycles. The summed E-state index contributed by atoms with van der Waals surface area (Å²) in [5.74, 6) is 0. The van der Waals surface area contributed by atoms with Crippen LogP contribution >= 0.6 is 11.3 Å². The van der Waals surface area contributed by atoms with E-state index in [4.69, 9.17) is 5.73 Å². The van der Waals surface area contributed by atoms with Gasteiger partial charge in [-0.15, -0.1) is 11.3 Å². The average Bonchev–Trinajstić information content (AvgIpc) is 2.72. The third-order valence-electron chi connectivity index (χ3n) is 1.76. The Morgan fingerprint density at radius 2 is 2.14 bits per heavy atom. The molecule has 5 heteroatoms. The van der Waals surface area contributed by atoms with Crippen molar-refractivity contribution in [1.29, 1.82) is 0 Å². The van der Waals surface area contributed by atoms with Gasteiger partial charge >= 0.3 is 0 Å².